The Kier molecular flexibility index (Phi) is 5.53. The first kappa shape index (κ1) is 14.6. The van der Waals surface area contributed by atoms with Crippen molar-refractivity contribution in [1.29, 1.82) is 0 Å². The van der Waals surface area contributed by atoms with Crippen LogP contribution in [0.3, 0.4) is 0 Å². The summed E-state index contributed by atoms with van der Waals surface area (Å²) in [6, 6.07) is 2.85. The van der Waals surface area contributed by atoms with Crippen LogP contribution in [0, 0.1) is 0 Å². The highest BCUT2D eigenvalue weighted by Crippen LogP contribution is 2.31. The number of esters is 1. The van der Waals surface area contributed by atoms with E-state index in [9.17, 15) is 4.79 Å². The molecule has 1 aromatic rings. The zero-order valence-corrected chi connectivity index (χ0v) is 11.7. The predicted molar refractivity (Wildman–Crippen MR) is 69.8 cm³/mol. The molecule has 0 saturated carbocycles. The number of nitrogens with one attached hydrogen (secondary N) is 1. The lowest BCUT2D eigenvalue weighted by Crippen LogP contribution is -2.34. The normalized spacial score (nSPS) is 12.3. The second kappa shape index (κ2) is 6.45. The lowest BCUT2D eigenvalue weighted by Gasteiger charge is -2.13. The number of carbonyl (C=O) groups is 1. The van der Waals surface area contributed by atoms with Crippen LogP contribution in [0.25, 0.3) is 0 Å². The molecular formula is C11H12Cl3NO2. The molecular weight excluding hydrogens is 284 g/mol. The van der Waals surface area contributed by atoms with Gasteiger partial charge in [-0.05, 0) is 19.1 Å². The molecule has 0 radical (unpaired) electrons. The summed E-state index contributed by atoms with van der Waals surface area (Å²) < 4.78 is 4.59. The Hall–Kier alpha value is -0.480. The maximum absolute atomic E-state index is 11.2. The van der Waals surface area contributed by atoms with Gasteiger partial charge in [0.25, 0.3) is 0 Å². The number of rotatable bonds is 4. The van der Waals surface area contributed by atoms with E-state index in [1.54, 1.807) is 19.1 Å². The fourth-order valence-electron chi connectivity index (χ4n) is 1.25. The lowest BCUT2D eigenvalue weighted by molar-refractivity contribution is -0.142. The van der Waals surface area contributed by atoms with E-state index in [2.05, 4.69) is 10.1 Å². The van der Waals surface area contributed by atoms with Gasteiger partial charge in [-0.3, -0.25) is 4.79 Å². The van der Waals surface area contributed by atoms with Crippen LogP contribution in [0.15, 0.2) is 12.1 Å². The Morgan fingerprint density at radius 2 is 1.94 bits per heavy atom. The molecule has 0 amide bonds. The minimum Gasteiger partial charge on any atom is -0.468 e. The molecule has 1 unspecified atom stereocenters. The van der Waals surface area contributed by atoms with Crippen LogP contribution in [-0.4, -0.2) is 19.1 Å². The minimum absolute atomic E-state index is 0.342. The fraction of sp³-hybridized carbons (Fsp3) is 0.364. The number of benzene rings is 1. The Balaban J connectivity index is 2.76. The molecule has 17 heavy (non-hydrogen) atoms. The second-order valence-electron chi connectivity index (χ2n) is 3.45. The molecule has 6 heteroatoms. The molecule has 1 atom stereocenters. The van der Waals surface area contributed by atoms with Gasteiger partial charge < -0.3 is 10.1 Å². The molecule has 0 spiro atoms. The number of methoxy groups -OCH3 is 1. The summed E-state index contributed by atoms with van der Waals surface area (Å²) in [4.78, 5) is 11.2. The fourth-order valence-corrected chi connectivity index (χ4v) is 1.93. The highest BCUT2D eigenvalue weighted by atomic mass is 35.5. The smallest absolute Gasteiger partial charge is 0.322 e. The van der Waals surface area contributed by atoms with E-state index in [1.165, 1.54) is 7.11 Å². The minimum atomic E-state index is -0.439. The van der Waals surface area contributed by atoms with Crippen molar-refractivity contribution < 1.29 is 9.53 Å². The van der Waals surface area contributed by atoms with Gasteiger partial charge in [-0.25, -0.2) is 0 Å². The van der Waals surface area contributed by atoms with Gasteiger partial charge in [0.2, 0.25) is 0 Å². The largest absolute Gasteiger partial charge is 0.468 e. The number of ether oxygens (including phenoxy) is 1. The number of hydrogen-bond donors (Lipinski definition) is 1. The molecule has 0 bridgehead atoms. The standard InChI is InChI=1S/C11H12Cl3NO2/c1-6(11(16)17-2)15-5-7-8(12)3-4-9(13)10(7)14/h3-4,6,15H,5H2,1-2H3. The highest BCUT2D eigenvalue weighted by molar-refractivity contribution is 6.44. The zero-order chi connectivity index (χ0) is 13.0. The lowest BCUT2D eigenvalue weighted by atomic mass is 10.2. The van der Waals surface area contributed by atoms with Gasteiger partial charge in [0.1, 0.15) is 6.04 Å². The predicted octanol–water partition coefficient (Wildman–Crippen LogP) is 3.30. The molecule has 0 aliphatic carbocycles. The van der Waals surface area contributed by atoms with Crippen LogP contribution < -0.4 is 5.32 Å². The quantitative estimate of drug-likeness (QED) is 0.684. The van der Waals surface area contributed by atoms with Gasteiger partial charge >= 0.3 is 5.97 Å². The van der Waals surface area contributed by atoms with Crippen molar-refractivity contribution in [2.75, 3.05) is 7.11 Å². The third kappa shape index (κ3) is 3.75. The van der Waals surface area contributed by atoms with E-state index in [-0.39, 0.29) is 5.97 Å². The van der Waals surface area contributed by atoms with Crippen molar-refractivity contribution >= 4 is 40.8 Å². The molecule has 94 valence electrons. The summed E-state index contributed by atoms with van der Waals surface area (Å²) in [6.45, 7) is 2.03. The molecule has 3 nitrogen and oxygen atoms in total. The summed E-state index contributed by atoms with van der Waals surface area (Å²) in [7, 11) is 1.33. The third-order valence-electron chi connectivity index (χ3n) is 2.28. The molecule has 0 saturated heterocycles. The van der Waals surface area contributed by atoms with E-state index < -0.39 is 6.04 Å². The van der Waals surface area contributed by atoms with Crippen LogP contribution in [0.4, 0.5) is 0 Å². The average Bonchev–Trinajstić information content (AvgIpc) is 2.32. The van der Waals surface area contributed by atoms with Gasteiger partial charge in [0.05, 0.1) is 17.2 Å². The summed E-state index contributed by atoms with van der Waals surface area (Å²) >= 11 is 17.9. The average molecular weight is 297 g/mol. The van der Waals surface area contributed by atoms with Gasteiger partial charge in [0, 0.05) is 17.1 Å². The first-order valence-corrected chi connectivity index (χ1v) is 6.04. The van der Waals surface area contributed by atoms with Gasteiger partial charge in [-0.15, -0.1) is 0 Å². The van der Waals surface area contributed by atoms with Crippen LogP contribution >= 0.6 is 34.8 Å². The molecule has 1 N–H and O–H groups in total. The van der Waals surface area contributed by atoms with E-state index in [4.69, 9.17) is 34.8 Å². The van der Waals surface area contributed by atoms with Crippen molar-refractivity contribution in [3.05, 3.63) is 32.8 Å². The zero-order valence-electron chi connectivity index (χ0n) is 9.39. The number of halogens is 3. The molecule has 0 heterocycles. The number of carbonyl (C=O) groups excluding carboxylic acids is 1. The highest BCUT2D eigenvalue weighted by Gasteiger charge is 2.15. The Morgan fingerprint density at radius 1 is 1.35 bits per heavy atom. The first-order valence-electron chi connectivity index (χ1n) is 4.91. The molecule has 0 fully saturated rings. The van der Waals surface area contributed by atoms with E-state index in [0.29, 0.717) is 27.2 Å². The van der Waals surface area contributed by atoms with Crippen molar-refractivity contribution in [2.24, 2.45) is 0 Å². The molecule has 1 rings (SSSR count). The first-order chi connectivity index (χ1) is 7.97. The van der Waals surface area contributed by atoms with E-state index in [0.717, 1.165) is 0 Å². The van der Waals surface area contributed by atoms with Crippen molar-refractivity contribution in [2.45, 2.75) is 19.5 Å². The van der Waals surface area contributed by atoms with Crippen LogP contribution in [0.2, 0.25) is 15.1 Å². The van der Waals surface area contributed by atoms with Gasteiger partial charge in [-0.2, -0.15) is 0 Å². The molecule has 0 aromatic heterocycles. The van der Waals surface area contributed by atoms with Crippen molar-refractivity contribution in [1.82, 2.24) is 5.32 Å². The summed E-state index contributed by atoms with van der Waals surface area (Å²) in [6.07, 6.45) is 0. The molecule has 0 aliphatic heterocycles. The second-order valence-corrected chi connectivity index (χ2v) is 4.64. The number of hydrogen-bond acceptors (Lipinski definition) is 3. The van der Waals surface area contributed by atoms with Crippen molar-refractivity contribution in [3.63, 3.8) is 0 Å². The van der Waals surface area contributed by atoms with Gasteiger partial charge in [0.15, 0.2) is 0 Å². The Labute approximate surface area is 115 Å². The summed E-state index contributed by atoms with van der Waals surface area (Å²) in [5.41, 5.74) is 0.664. The van der Waals surface area contributed by atoms with Crippen LogP contribution in [0.5, 0.6) is 0 Å². The molecule has 1 aromatic carbocycles. The third-order valence-corrected chi connectivity index (χ3v) is 3.48. The Morgan fingerprint density at radius 3 is 2.53 bits per heavy atom. The van der Waals surface area contributed by atoms with Crippen molar-refractivity contribution in [3.8, 4) is 0 Å². The maximum atomic E-state index is 11.2. The maximum Gasteiger partial charge on any atom is 0.322 e. The van der Waals surface area contributed by atoms with E-state index >= 15 is 0 Å². The topological polar surface area (TPSA) is 38.3 Å². The van der Waals surface area contributed by atoms with Crippen LogP contribution in [-0.2, 0) is 16.1 Å². The summed E-state index contributed by atoms with van der Waals surface area (Å²) in [5, 5.41) is 4.28. The van der Waals surface area contributed by atoms with Crippen LogP contribution in [0.1, 0.15) is 12.5 Å². The SMILES string of the molecule is COC(=O)C(C)NCc1c(Cl)ccc(Cl)c1Cl. The van der Waals surface area contributed by atoms with E-state index in [1.807, 2.05) is 0 Å². The van der Waals surface area contributed by atoms with Gasteiger partial charge in [-0.1, -0.05) is 34.8 Å². The Bertz CT molecular complexity index is 423. The summed E-state index contributed by atoms with van der Waals surface area (Å²) in [5.74, 6) is -0.348. The molecule has 0 aliphatic rings. The monoisotopic (exact) mass is 295 g/mol.